The van der Waals surface area contributed by atoms with Crippen LogP contribution in [0.4, 0.5) is 5.69 Å². The van der Waals surface area contributed by atoms with Crippen LogP contribution in [0, 0.1) is 6.92 Å². The number of fused-ring (bicyclic) bond motifs is 3. The number of hydrogen-bond donors (Lipinski definition) is 0. The minimum Gasteiger partial charge on any atom is -0.344 e. The zero-order valence-corrected chi connectivity index (χ0v) is 10.4. The highest BCUT2D eigenvalue weighted by Crippen LogP contribution is 2.37. The SMILES string of the molecule is CC1=C2CCc3cc(C)ccc3N2CCC1=O. The molecule has 0 aromatic heterocycles. The minimum atomic E-state index is 0.326. The van der Waals surface area contributed by atoms with Gasteiger partial charge in [0.25, 0.3) is 0 Å². The molecular weight excluding hydrogens is 210 g/mol. The zero-order valence-electron chi connectivity index (χ0n) is 10.4. The van der Waals surface area contributed by atoms with Gasteiger partial charge in [-0.25, -0.2) is 0 Å². The largest absolute Gasteiger partial charge is 0.344 e. The number of nitrogens with zero attached hydrogens (tertiary/aromatic N) is 1. The molecule has 2 heteroatoms. The number of rotatable bonds is 0. The van der Waals surface area contributed by atoms with Gasteiger partial charge in [-0.1, -0.05) is 17.7 Å². The lowest BCUT2D eigenvalue weighted by Crippen LogP contribution is -2.35. The molecule has 88 valence electrons. The molecule has 1 aromatic carbocycles. The first-order valence-corrected chi connectivity index (χ1v) is 6.27. The topological polar surface area (TPSA) is 20.3 Å². The molecule has 0 bridgehead atoms. The summed E-state index contributed by atoms with van der Waals surface area (Å²) in [4.78, 5) is 14.1. The van der Waals surface area contributed by atoms with Gasteiger partial charge >= 0.3 is 0 Å². The third-order valence-electron chi connectivity index (χ3n) is 3.90. The lowest BCUT2D eigenvalue weighted by Gasteiger charge is -2.37. The second-order valence-corrected chi connectivity index (χ2v) is 5.03. The van der Waals surface area contributed by atoms with Crippen molar-refractivity contribution in [1.82, 2.24) is 0 Å². The molecule has 0 radical (unpaired) electrons. The predicted octanol–water partition coefficient (Wildman–Crippen LogP) is 2.99. The monoisotopic (exact) mass is 227 g/mol. The van der Waals surface area contributed by atoms with Crippen LogP contribution in [0.1, 0.15) is 30.9 Å². The molecule has 0 saturated carbocycles. The number of benzene rings is 1. The molecule has 17 heavy (non-hydrogen) atoms. The maximum absolute atomic E-state index is 11.7. The van der Waals surface area contributed by atoms with Crippen molar-refractivity contribution < 1.29 is 4.79 Å². The lowest BCUT2D eigenvalue weighted by atomic mass is 9.91. The summed E-state index contributed by atoms with van der Waals surface area (Å²) in [5, 5.41) is 0. The molecule has 2 aliphatic rings. The number of allylic oxidation sites excluding steroid dienone is 2. The van der Waals surface area contributed by atoms with Crippen LogP contribution in [0.3, 0.4) is 0 Å². The first-order valence-electron chi connectivity index (χ1n) is 6.27. The second kappa shape index (κ2) is 3.73. The van der Waals surface area contributed by atoms with Crippen LogP contribution in [-0.2, 0) is 11.2 Å². The highest BCUT2D eigenvalue weighted by atomic mass is 16.1. The summed E-state index contributed by atoms with van der Waals surface area (Å²) < 4.78 is 0. The Kier molecular flexibility index (Phi) is 2.32. The third-order valence-corrected chi connectivity index (χ3v) is 3.90. The highest BCUT2D eigenvalue weighted by Gasteiger charge is 2.28. The van der Waals surface area contributed by atoms with Gasteiger partial charge in [0.05, 0.1) is 0 Å². The maximum atomic E-state index is 11.7. The van der Waals surface area contributed by atoms with Crippen molar-refractivity contribution in [1.29, 1.82) is 0 Å². The van der Waals surface area contributed by atoms with E-state index >= 15 is 0 Å². The number of anilines is 1. The number of hydrogen-bond acceptors (Lipinski definition) is 2. The van der Waals surface area contributed by atoms with Crippen LogP contribution < -0.4 is 4.90 Å². The summed E-state index contributed by atoms with van der Waals surface area (Å²) in [7, 11) is 0. The fourth-order valence-electron chi connectivity index (χ4n) is 2.92. The normalized spacial score (nSPS) is 19.2. The molecule has 0 spiro atoms. The van der Waals surface area contributed by atoms with Gasteiger partial charge in [0.2, 0.25) is 0 Å². The molecule has 0 unspecified atom stereocenters. The quantitative estimate of drug-likeness (QED) is 0.679. The molecule has 1 aromatic rings. The van der Waals surface area contributed by atoms with E-state index in [4.69, 9.17) is 0 Å². The van der Waals surface area contributed by atoms with Crippen LogP contribution in [0.2, 0.25) is 0 Å². The summed E-state index contributed by atoms with van der Waals surface area (Å²) >= 11 is 0. The summed E-state index contributed by atoms with van der Waals surface area (Å²) in [5.74, 6) is 0.326. The van der Waals surface area contributed by atoms with Gasteiger partial charge in [0.1, 0.15) is 0 Å². The Labute approximate surface area is 102 Å². The van der Waals surface area contributed by atoms with Gasteiger partial charge in [0.15, 0.2) is 5.78 Å². The van der Waals surface area contributed by atoms with E-state index in [1.54, 1.807) is 0 Å². The third kappa shape index (κ3) is 1.59. The molecular formula is C15H17NO. The average molecular weight is 227 g/mol. The van der Waals surface area contributed by atoms with Crippen molar-refractivity contribution in [3.05, 3.63) is 40.6 Å². The van der Waals surface area contributed by atoms with E-state index in [2.05, 4.69) is 30.0 Å². The number of carbonyl (C=O) groups is 1. The first kappa shape index (κ1) is 10.6. The smallest absolute Gasteiger partial charge is 0.162 e. The number of ketones is 1. The Balaban J connectivity index is 2.12. The average Bonchev–Trinajstić information content (AvgIpc) is 2.33. The van der Waals surface area contributed by atoms with Crippen molar-refractivity contribution in [3.63, 3.8) is 0 Å². The van der Waals surface area contributed by atoms with Gasteiger partial charge < -0.3 is 4.90 Å². The first-order chi connectivity index (χ1) is 8.16. The second-order valence-electron chi connectivity index (χ2n) is 5.03. The molecule has 0 atom stereocenters. The lowest BCUT2D eigenvalue weighted by molar-refractivity contribution is -0.115. The van der Waals surface area contributed by atoms with Gasteiger partial charge in [0, 0.05) is 29.9 Å². The molecule has 2 heterocycles. The molecule has 0 amide bonds. The number of carbonyl (C=O) groups excluding carboxylic acids is 1. The molecule has 2 aliphatic heterocycles. The van der Waals surface area contributed by atoms with Crippen molar-refractivity contribution in [2.24, 2.45) is 0 Å². The Morgan fingerprint density at radius 3 is 2.76 bits per heavy atom. The van der Waals surface area contributed by atoms with E-state index in [1.807, 2.05) is 6.92 Å². The molecule has 0 saturated heterocycles. The van der Waals surface area contributed by atoms with Gasteiger partial charge in [-0.2, -0.15) is 0 Å². The van der Waals surface area contributed by atoms with Gasteiger partial charge in [-0.15, -0.1) is 0 Å². The maximum Gasteiger partial charge on any atom is 0.162 e. The summed E-state index contributed by atoms with van der Waals surface area (Å²) in [6, 6.07) is 6.64. The van der Waals surface area contributed by atoms with E-state index in [0.29, 0.717) is 12.2 Å². The standard InChI is InChI=1S/C15H17NO/c1-10-3-5-14-12(9-10)4-6-13-11(2)15(17)7-8-16(13)14/h3,5,9H,4,6-8H2,1-2H3. The molecule has 3 rings (SSSR count). The fraction of sp³-hybridized carbons (Fsp3) is 0.400. The van der Waals surface area contributed by atoms with Crippen LogP contribution >= 0.6 is 0 Å². The van der Waals surface area contributed by atoms with Crippen LogP contribution in [0.5, 0.6) is 0 Å². The van der Waals surface area contributed by atoms with Gasteiger partial charge in [-0.3, -0.25) is 4.79 Å². The Morgan fingerprint density at radius 2 is 1.94 bits per heavy atom. The molecule has 0 aliphatic carbocycles. The summed E-state index contributed by atoms with van der Waals surface area (Å²) in [6.07, 6.45) is 2.73. The van der Waals surface area contributed by atoms with Crippen molar-refractivity contribution in [2.75, 3.05) is 11.4 Å². The van der Waals surface area contributed by atoms with Crippen LogP contribution in [-0.4, -0.2) is 12.3 Å². The van der Waals surface area contributed by atoms with Crippen LogP contribution in [0.15, 0.2) is 29.5 Å². The van der Waals surface area contributed by atoms with Crippen molar-refractivity contribution in [2.45, 2.75) is 33.1 Å². The van der Waals surface area contributed by atoms with E-state index < -0.39 is 0 Å². The fourth-order valence-corrected chi connectivity index (χ4v) is 2.92. The van der Waals surface area contributed by atoms with E-state index in [0.717, 1.165) is 25.0 Å². The number of Topliss-reactive ketones (excluding diaryl/α,β-unsaturated/α-hetero) is 1. The minimum absolute atomic E-state index is 0.326. The molecule has 0 fully saturated rings. The number of aryl methyl sites for hydroxylation is 2. The molecule has 0 N–H and O–H groups in total. The van der Waals surface area contributed by atoms with Gasteiger partial charge in [-0.05, 0) is 38.3 Å². The van der Waals surface area contributed by atoms with E-state index in [9.17, 15) is 4.79 Å². The predicted molar refractivity (Wildman–Crippen MR) is 69.2 cm³/mol. The van der Waals surface area contributed by atoms with Crippen molar-refractivity contribution >= 4 is 11.5 Å². The summed E-state index contributed by atoms with van der Waals surface area (Å²) in [5.41, 5.74) is 6.28. The Morgan fingerprint density at radius 1 is 1.12 bits per heavy atom. The van der Waals surface area contributed by atoms with E-state index in [-0.39, 0.29) is 0 Å². The summed E-state index contributed by atoms with van der Waals surface area (Å²) in [6.45, 7) is 4.96. The Hall–Kier alpha value is -1.57. The zero-order chi connectivity index (χ0) is 12.0. The van der Waals surface area contributed by atoms with E-state index in [1.165, 1.54) is 22.5 Å². The molecule has 2 nitrogen and oxygen atoms in total. The van der Waals surface area contributed by atoms with Crippen molar-refractivity contribution in [3.8, 4) is 0 Å². The highest BCUT2D eigenvalue weighted by molar-refractivity contribution is 5.98. The Bertz CT molecular complexity index is 528. The van der Waals surface area contributed by atoms with Crippen LogP contribution in [0.25, 0.3) is 0 Å².